The van der Waals surface area contributed by atoms with Crippen molar-refractivity contribution in [3.8, 4) is 0 Å². The number of aromatic carboxylic acids is 1. The summed E-state index contributed by atoms with van der Waals surface area (Å²) in [4.78, 5) is 11.0. The van der Waals surface area contributed by atoms with Crippen LogP contribution in [0.5, 0.6) is 0 Å². The number of nitrogen functional groups attached to an aromatic ring is 1. The molecule has 0 radical (unpaired) electrons. The number of hydrogen-bond donors (Lipinski definition) is 3. The van der Waals surface area contributed by atoms with E-state index in [0.29, 0.717) is 18.0 Å². The molecule has 0 aliphatic rings. The van der Waals surface area contributed by atoms with E-state index in [1.165, 1.54) is 12.1 Å². The van der Waals surface area contributed by atoms with Gasteiger partial charge in [-0.25, -0.2) is 4.79 Å². The van der Waals surface area contributed by atoms with Gasteiger partial charge < -0.3 is 20.9 Å². The van der Waals surface area contributed by atoms with Gasteiger partial charge in [0, 0.05) is 18.4 Å². The summed E-state index contributed by atoms with van der Waals surface area (Å²) >= 11 is 0. The van der Waals surface area contributed by atoms with E-state index in [1.807, 2.05) is 24.3 Å². The highest BCUT2D eigenvalue weighted by molar-refractivity contribution is 5.91. The van der Waals surface area contributed by atoms with Crippen LogP contribution in [-0.2, 0) is 11.3 Å². The lowest BCUT2D eigenvalue weighted by Gasteiger charge is -2.13. The van der Waals surface area contributed by atoms with Crippen molar-refractivity contribution in [2.75, 3.05) is 18.2 Å². The normalized spacial score (nSPS) is 10.2. The van der Waals surface area contributed by atoms with Gasteiger partial charge in [-0.1, -0.05) is 18.2 Å². The van der Waals surface area contributed by atoms with Crippen LogP contribution < -0.4 is 11.1 Å². The fourth-order valence-electron chi connectivity index (χ4n) is 1.87. The average Bonchev–Trinajstić information content (AvgIpc) is 2.43. The number of carbonyl (C=O) groups is 1. The first kappa shape index (κ1) is 13.9. The Morgan fingerprint density at radius 1 is 1.25 bits per heavy atom. The SMILES string of the molecule is COCc1ccccc1Nc1cc(C(=O)O)ccc1N. The Balaban J connectivity index is 2.34. The van der Waals surface area contributed by atoms with Crippen LogP contribution in [0.2, 0.25) is 0 Å². The number of nitrogens with one attached hydrogen (secondary N) is 1. The van der Waals surface area contributed by atoms with E-state index in [1.54, 1.807) is 13.2 Å². The van der Waals surface area contributed by atoms with E-state index in [-0.39, 0.29) is 5.56 Å². The number of carboxylic acids is 1. The third kappa shape index (κ3) is 3.07. The van der Waals surface area contributed by atoms with Crippen LogP contribution in [-0.4, -0.2) is 18.2 Å². The van der Waals surface area contributed by atoms with Crippen molar-refractivity contribution in [1.82, 2.24) is 0 Å². The summed E-state index contributed by atoms with van der Waals surface area (Å²) < 4.78 is 5.13. The van der Waals surface area contributed by atoms with Crippen LogP contribution in [0, 0.1) is 0 Å². The number of nitrogens with two attached hydrogens (primary N) is 1. The minimum Gasteiger partial charge on any atom is -0.478 e. The molecule has 104 valence electrons. The van der Waals surface area contributed by atoms with Crippen molar-refractivity contribution in [1.29, 1.82) is 0 Å². The molecule has 2 aromatic rings. The maximum Gasteiger partial charge on any atom is 0.335 e. The van der Waals surface area contributed by atoms with Gasteiger partial charge in [0.05, 0.1) is 23.5 Å². The van der Waals surface area contributed by atoms with Crippen molar-refractivity contribution in [2.24, 2.45) is 0 Å². The minimum absolute atomic E-state index is 0.186. The first-order chi connectivity index (χ1) is 9.61. The molecule has 4 N–H and O–H groups in total. The largest absolute Gasteiger partial charge is 0.478 e. The quantitative estimate of drug-likeness (QED) is 0.729. The number of rotatable bonds is 5. The number of ether oxygens (including phenoxy) is 1. The molecule has 0 atom stereocenters. The van der Waals surface area contributed by atoms with Gasteiger partial charge in [0.15, 0.2) is 0 Å². The second kappa shape index (κ2) is 6.08. The van der Waals surface area contributed by atoms with Crippen LogP contribution >= 0.6 is 0 Å². The third-order valence-electron chi connectivity index (χ3n) is 2.89. The van der Waals surface area contributed by atoms with Crippen molar-refractivity contribution in [3.63, 3.8) is 0 Å². The summed E-state index contributed by atoms with van der Waals surface area (Å²) in [6.45, 7) is 0.460. The van der Waals surface area contributed by atoms with E-state index in [2.05, 4.69) is 5.32 Å². The fourth-order valence-corrected chi connectivity index (χ4v) is 1.87. The molecule has 0 aromatic heterocycles. The second-order valence-electron chi connectivity index (χ2n) is 4.32. The summed E-state index contributed by atoms with van der Waals surface area (Å²) in [5, 5.41) is 12.2. The zero-order chi connectivity index (χ0) is 14.5. The molecular weight excluding hydrogens is 256 g/mol. The summed E-state index contributed by atoms with van der Waals surface area (Å²) in [5.41, 5.74) is 8.92. The number of para-hydroxylation sites is 1. The van der Waals surface area contributed by atoms with Gasteiger partial charge in [0.1, 0.15) is 0 Å². The highest BCUT2D eigenvalue weighted by Crippen LogP contribution is 2.27. The standard InChI is InChI=1S/C15H16N2O3/c1-20-9-11-4-2-3-5-13(11)17-14-8-10(15(18)19)6-7-12(14)16/h2-8,17H,9,16H2,1H3,(H,18,19). The molecule has 5 nitrogen and oxygen atoms in total. The Bertz CT molecular complexity index is 626. The number of methoxy groups -OCH3 is 1. The number of carboxylic acid groups (broad SMARTS) is 1. The highest BCUT2D eigenvalue weighted by atomic mass is 16.5. The first-order valence-electron chi connectivity index (χ1n) is 6.08. The molecule has 0 aliphatic carbocycles. The number of anilines is 3. The highest BCUT2D eigenvalue weighted by Gasteiger charge is 2.08. The molecular formula is C15H16N2O3. The molecule has 2 aromatic carbocycles. The van der Waals surface area contributed by atoms with E-state index in [4.69, 9.17) is 15.6 Å². The molecule has 0 heterocycles. The fraction of sp³-hybridized carbons (Fsp3) is 0.133. The van der Waals surface area contributed by atoms with Crippen molar-refractivity contribution in [2.45, 2.75) is 6.61 Å². The van der Waals surface area contributed by atoms with Gasteiger partial charge in [-0.15, -0.1) is 0 Å². The maximum absolute atomic E-state index is 11.0. The Kier molecular flexibility index (Phi) is 4.22. The summed E-state index contributed by atoms with van der Waals surface area (Å²) in [5.74, 6) is -0.988. The van der Waals surface area contributed by atoms with Gasteiger partial charge in [-0.2, -0.15) is 0 Å². The van der Waals surface area contributed by atoms with Gasteiger partial charge >= 0.3 is 5.97 Å². The van der Waals surface area contributed by atoms with E-state index >= 15 is 0 Å². The van der Waals surface area contributed by atoms with Crippen LogP contribution in [0.15, 0.2) is 42.5 Å². The molecule has 0 unspecified atom stereocenters. The number of hydrogen-bond acceptors (Lipinski definition) is 4. The smallest absolute Gasteiger partial charge is 0.335 e. The topological polar surface area (TPSA) is 84.6 Å². The first-order valence-corrected chi connectivity index (χ1v) is 6.08. The maximum atomic E-state index is 11.0. The summed E-state index contributed by atoms with van der Waals surface area (Å²) in [6.07, 6.45) is 0. The van der Waals surface area contributed by atoms with Gasteiger partial charge in [0.25, 0.3) is 0 Å². The Morgan fingerprint density at radius 3 is 2.70 bits per heavy atom. The predicted molar refractivity (Wildman–Crippen MR) is 78.3 cm³/mol. The molecule has 0 fully saturated rings. The van der Waals surface area contributed by atoms with E-state index in [0.717, 1.165) is 11.3 Å². The lowest BCUT2D eigenvalue weighted by molar-refractivity contribution is 0.0697. The molecule has 5 heteroatoms. The lowest BCUT2D eigenvalue weighted by Crippen LogP contribution is -2.03. The monoisotopic (exact) mass is 272 g/mol. The summed E-state index contributed by atoms with van der Waals surface area (Å²) in [7, 11) is 1.62. The van der Waals surface area contributed by atoms with E-state index < -0.39 is 5.97 Å². The lowest BCUT2D eigenvalue weighted by atomic mass is 10.1. The molecule has 0 aliphatic heterocycles. The molecule has 0 amide bonds. The van der Waals surface area contributed by atoms with Gasteiger partial charge in [-0.3, -0.25) is 0 Å². The van der Waals surface area contributed by atoms with Crippen LogP contribution in [0.4, 0.5) is 17.1 Å². The molecule has 2 rings (SSSR count). The average molecular weight is 272 g/mol. The van der Waals surface area contributed by atoms with E-state index in [9.17, 15) is 4.79 Å². The van der Waals surface area contributed by atoms with Crippen LogP contribution in [0.1, 0.15) is 15.9 Å². The Hall–Kier alpha value is -2.53. The molecule has 20 heavy (non-hydrogen) atoms. The Labute approximate surface area is 117 Å². The van der Waals surface area contributed by atoms with Crippen LogP contribution in [0.3, 0.4) is 0 Å². The molecule has 0 spiro atoms. The van der Waals surface area contributed by atoms with Gasteiger partial charge in [0.2, 0.25) is 0 Å². The zero-order valence-electron chi connectivity index (χ0n) is 11.1. The predicted octanol–water partition coefficient (Wildman–Crippen LogP) is 2.86. The zero-order valence-corrected chi connectivity index (χ0v) is 11.1. The minimum atomic E-state index is -0.988. The summed E-state index contributed by atoms with van der Waals surface area (Å²) in [6, 6.07) is 12.2. The van der Waals surface area contributed by atoms with Crippen molar-refractivity contribution < 1.29 is 14.6 Å². The molecule has 0 saturated heterocycles. The van der Waals surface area contributed by atoms with Crippen LogP contribution in [0.25, 0.3) is 0 Å². The molecule has 0 bridgehead atoms. The van der Waals surface area contributed by atoms with Crippen molar-refractivity contribution in [3.05, 3.63) is 53.6 Å². The van der Waals surface area contributed by atoms with Gasteiger partial charge in [-0.05, 0) is 24.3 Å². The molecule has 0 saturated carbocycles. The van der Waals surface area contributed by atoms with Crippen molar-refractivity contribution >= 4 is 23.0 Å². The second-order valence-corrected chi connectivity index (χ2v) is 4.32. The Morgan fingerprint density at radius 2 is 2.00 bits per heavy atom. The third-order valence-corrected chi connectivity index (χ3v) is 2.89. The number of benzene rings is 2.